The molecule has 0 unspecified atom stereocenters. The van der Waals surface area contributed by atoms with Crippen LogP contribution in [0, 0.1) is 5.82 Å². The molecule has 2 saturated heterocycles. The number of nitrogens with one attached hydrogen (secondary N) is 1. The Morgan fingerprint density at radius 1 is 1.41 bits per heavy atom. The van der Waals surface area contributed by atoms with E-state index < -0.39 is 0 Å². The quantitative estimate of drug-likeness (QED) is 0.839. The number of rotatable bonds is 2. The molecule has 2 heterocycles. The van der Waals surface area contributed by atoms with Gasteiger partial charge in [0.05, 0.1) is 0 Å². The van der Waals surface area contributed by atoms with Crippen LogP contribution in [0.3, 0.4) is 0 Å². The Morgan fingerprint density at radius 2 is 2.35 bits per heavy atom. The first-order valence-corrected chi connectivity index (χ1v) is 6.53. The highest BCUT2D eigenvalue weighted by molar-refractivity contribution is 5.18. The van der Waals surface area contributed by atoms with Gasteiger partial charge in [-0.1, -0.05) is 12.1 Å². The van der Waals surface area contributed by atoms with Crippen LogP contribution in [-0.4, -0.2) is 36.6 Å². The van der Waals surface area contributed by atoms with Gasteiger partial charge in [-0.25, -0.2) is 4.39 Å². The molecule has 2 atom stereocenters. The molecule has 2 aliphatic heterocycles. The SMILES string of the molecule is Fc1cccc(C[C@@H]2CN3CCC[C@H]3CN2)c1. The van der Waals surface area contributed by atoms with Crippen molar-refractivity contribution in [2.45, 2.75) is 31.3 Å². The average molecular weight is 234 g/mol. The van der Waals surface area contributed by atoms with Gasteiger partial charge in [0.15, 0.2) is 0 Å². The molecule has 0 radical (unpaired) electrons. The van der Waals surface area contributed by atoms with Gasteiger partial charge < -0.3 is 5.32 Å². The second-order valence-electron chi connectivity index (χ2n) is 5.23. The molecule has 2 fully saturated rings. The molecule has 0 aromatic heterocycles. The van der Waals surface area contributed by atoms with Crippen molar-refractivity contribution in [3.05, 3.63) is 35.6 Å². The number of fused-ring (bicyclic) bond motifs is 1. The van der Waals surface area contributed by atoms with E-state index in [9.17, 15) is 4.39 Å². The second-order valence-corrected chi connectivity index (χ2v) is 5.23. The topological polar surface area (TPSA) is 15.3 Å². The molecular weight excluding hydrogens is 215 g/mol. The highest BCUT2D eigenvalue weighted by atomic mass is 19.1. The van der Waals surface area contributed by atoms with Crippen LogP contribution >= 0.6 is 0 Å². The van der Waals surface area contributed by atoms with Gasteiger partial charge >= 0.3 is 0 Å². The molecule has 0 aliphatic carbocycles. The van der Waals surface area contributed by atoms with Gasteiger partial charge in [-0.2, -0.15) is 0 Å². The molecule has 3 heteroatoms. The minimum Gasteiger partial charge on any atom is -0.311 e. The van der Waals surface area contributed by atoms with E-state index in [1.807, 2.05) is 6.07 Å². The number of hydrogen-bond donors (Lipinski definition) is 1. The summed E-state index contributed by atoms with van der Waals surface area (Å²) in [7, 11) is 0. The highest BCUT2D eigenvalue weighted by Gasteiger charge is 2.30. The minimum absolute atomic E-state index is 0.127. The Morgan fingerprint density at radius 3 is 3.24 bits per heavy atom. The zero-order valence-electron chi connectivity index (χ0n) is 10.0. The summed E-state index contributed by atoms with van der Waals surface area (Å²) in [6, 6.07) is 8.20. The standard InChI is InChI=1S/C14H19FN2/c15-12-4-1-3-11(7-12)8-13-10-17-6-2-5-14(17)9-16-13/h1,3-4,7,13-14,16H,2,5-6,8-10H2/t13-,14+/m1/s1. The summed E-state index contributed by atoms with van der Waals surface area (Å²) in [6.07, 6.45) is 3.60. The van der Waals surface area contributed by atoms with Gasteiger partial charge in [0.25, 0.3) is 0 Å². The van der Waals surface area contributed by atoms with E-state index in [-0.39, 0.29) is 5.82 Å². The lowest BCUT2D eigenvalue weighted by Gasteiger charge is -2.36. The summed E-state index contributed by atoms with van der Waals surface area (Å²) in [5, 5.41) is 3.59. The Balaban J connectivity index is 1.62. The van der Waals surface area contributed by atoms with E-state index in [1.165, 1.54) is 25.5 Å². The first-order valence-electron chi connectivity index (χ1n) is 6.53. The third-order valence-electron chi connectivity index (χ3n) is 3.97. The summed E-state index contributed by atoms with van der Waals surface area (Å²) >= 11 is 0. The van der Waals surface area contributed by atoms with Crippen LogP contribution in [0.1, 0.15) is 18.4 Å². The predicted octanol–water partition coefficient (Wildman–Crippen LogP) is 1.80. The minimum atomic E-state index is -0.127. The summed E-state index contributed by atoms with van der Waals surface area (Å²) in [5.41, 5.74) is 1.10. The zero-order chi connectivity index (χ0) is 11.7. The number of piperazine rings is 1. The van der Waals surface area contributed by atoms with Crippen molar-refractivity contribution in [3.63, 3.8) is 0 Å². The largest absolute Gasteiger partial charge is 0.311 e. The molecule has 1 aromatic carbocycles. The van der Waals surface area contributed by atoms with E-state index in [4.69, 9.17) is 0 Å². The molecular formula is C14H19FN2. The maximum Gasteiger partial charge on any atom is 0.123 e. The lowest BCUT2D eigenvalue weighted by atomic mass is 10.0. The van der Waals surface area contributed by atoms with Crippen LogP contribution < -0.4 is 5.32 Å². The van der Waals surface area contributed by atoms with Crippen LogP contribution in [0.5, 0.6) is 0 Å². The van der Waals surface area contributed by atoms with E-state index in [1.54, 1.807) is 12.1 Å². The maximum atomic E-state index is 13.1. The normalized spacial score (nSPS) is 29.2. The first kappa shape index (κ1) is 11.2. The van der Waals surface area contributed by atoms with E-state index in [0.29, 0.717) is 6.04 Å². The third-order valence-corrected chi connectivity index (χ3v) is 3.97. The summed E-state index contributed by atoms with van der Waals surface area (Å²) < 4.78 is 13.1. The van der Waals surface area contributed by atoms with Gasteiger partial charge in [0, 0.05) is 25.2 Å². The fourth-order valence-electron chi connectivity index (χ4n) is 3.10. The van der Waals surface area contributed by atoms with Crippen molar-refractivity contribution in [2.75, 3.05) is 19.6 Å². The van der Waals surface area contributed by atoms with Crippen molar-refractivity contribution in [1.29, 1.82) is 0 Å². The number of hydrogen-bond acceptors (Lipinski definition) is 2. The van der Waals surface area contributed by atoms with Crippen molar-refractivity contribution in [1.82, 2.24) is 10.2 Å². The molecule has 0 spiro atoms. The summed E-state index contributed by atoms with van der Waals surface area (Å²) in [4.78, 5) is 2.58. The van der Waals surface area contributed by atoms with Crippen LogP contribution in [0.2, 0.25) is 0 Å². The summed E-state index contributed by atoms with van der Waals surface area (Å²) in [6.45, 7) is 3.45. The van der Waals surface area contributed by atoms with E-state index in [2.05, 4.69) is 10.2 Å². The van der Waals surface area contributed by atoms with Gasteiger partial charge in [0.2, 0.25) is 0 Å². The maximum absolute atomic E-state index is 13.1. The third kappa shape index (κ3) is 2.50. The molecule has 0 bridgehead atoms. The van der Waals surface area contributed by atoms with Gasteiger partial charge in [0.1, 0.15) is 5.82 Å². The predicted molar refractivity (Wildman–Crippen MR) is 66.5 cm³/mol. The van der Waals surface area contributed by atoms with Crippen molar-refractivity contribution in [3.8, 4) is 0 Å². The lowest BCUT2D eigenvalue weighted by Crippen LogP contribution is -2.54. The zero-order valence-corrected chi connectivity index (χ0v) is 10.0. The van der Waals surface area contributed by atoms with Crippen molar-refractivity contribution < 1.29 is 4.39 Å². The van der Waals surface area contributed by atoms with Crippen molar-refractivity contribution in [2.24, 2.45) is 0 Å². The van der Waals surface area contributed by atoms with E-state index >= 15 is 0 Å². The molecule has 1 N–H and O–H groups in total. The smallest absolute Gasteiger partial charge is 0.123 e. The number of benzene rings is 1. The fourth-order valence-corrected chi connectivity index (χ4v) is 3.10. The first-order chi connectivity index (χ1) is 8.31. The Labute approximate surface area is 102 Å². The van der Waals surface area contributed by atoms with Crippen LogP contribution in [0.15, 0.2) is 24.3 Å². The van der Waals surface area contributed by atoms with Crippen LogP contribution in [-0.2, 0) is 6.42 Å². The Bertz CT molecular complexity index is 394. The molecule has 3 rings (SSSR count). The summed E-state index contributed by atoms with van der Waals surface area (Å²) in [5.74, 6) is -0.127. The van der Waals surface area contributed by atoms with Crippen molar-refractivity contribution >= 4 is 0 Å². The molecule has 0 amide bonds. The van der Waals surface area contributed by atoms with E-state index in [0.717, 1.165) is 31.1 Å². The second kappa shape index (κ2) is 4.75. The molecule has 2 aliphatic rings. The molecule has 2 nitrogen and oxygen atoms in total. The van der Waals surface area contributed by atoms with Gasteiger partial charge in [-0.3, -0.25) is 4.90 Å². The highest BCUT2D eigenvalue weighted by Crippen LogP contribution is 2.21. The molecule has 92 valence electrons. The molecule has 0 saturated carbocycles. The van der Waals surface area contributed by atoms with Crippen LogP contribution in [0.4, 0.5) is 4.39 Å². The average Bonchev–Trinajstić information content (AvgIpc) is 2.76. The molecule has 17 heavy (non-hydrogen) atoms. The molecule has 1 aromatic rings. The lowest BCUT2D eigenvalue weighted by molar-refractivity contribution is 0.172. The number of halogens is 1. The van der Waals surface area contributed by atoms with Gasteiger partial charge in [-0.15, -0.1) is 0 Å². The Kier molecular flexibility index (Phi) is 3.12. The fraction of sp³-hybridized carbons (Fsp3) is 0.571. The van der Waals surface area contributed by atoms with Gasteiger partial charge in [-0.05, 0) is 43.5 Å². The van der Waals surface area contributed by atoms with Crippen LogP contribution in [0.25, 0.3) is 0 Å². The monoisotopic (exact) mass is 234 g/mol. The Hall–Kier alpha value is -0.930. The number of nitrogens with zero attached hydrogens (tertiary/aromatic N) is 1.